The molecule has 4 heteroatoms. The van der Waals surface area contributed by atoms with Crippen LogP contribution in [0, 0.1) is 17.7 Å². The van der Waals surface area contributed by atoms with E-state index in [1.807, 2.05) is 74.5 Å². The molecule has 0 aliphatic carbocycles. The molecule has 27 heavy (non-hydrogen) atoms. The molecular formula is C23H22BrN3. The van der Waals surface area contributed by atoms with Gasteiger partial charge in [-0.25, -0.2) is 0 Å². The smallest absolute Gasteiger partial charge is 0.107 e. The molecule has 0 bridgehead atoms. The Labute approximate surface area is 169 Å². The molecule has 0 saturated carbocycles. The molecule has 1 aromatic heterocycles. The third-order valence-corrected chi connectivity index (χ3v) is 4.46. The van der Waals surface area contributed by atoms with Gasteiger partial charge in [0.05, 0.1) is 11.4 Å². The Balaban J connectivity index is 2.85. The molecule has 0 spiro atoms. The normalized spacial score (nSPS) is 12.6. The molecular weight excluding hydrogens is 398 g/mol. The standard InChI is InChI=1S/C23H22BrN3/c1-4-6-12-17(5-2)20(22(25)18-13-8-7-11-16(18)3)21(23(24)26)19-14-9-10-15-27-19/h4-15,25-26H,1H2,2-3H3/b12-6-,17-5+,21-20-,25-22?,26-23?. The second-order valence-corrected chi connectivity index (χ2v) is 6.60. The van der Waals surface area contributed by atoms with Gasteiger partial charge in [0, 0.05) is 22.9 Å². The van der Waals surface area contributed by atoms with Gasteiger partial charge in [-0.15, -0.1) is 0 Å². The van der Waals surface area contributed by atoms with Crippen molar-refractivity contribution in [3.8, 4) is 0 Å². The molecule has 2 rings (SSSR count). The highest BCUT2D eigenvalue weighted by atomic mass is 79.9. The Kier molecular flexibility index (Phi) is 7.38. The predicted molar refractivity (Wildman–Crippen MR) is 119 cm³/mol. The van der Waals surface area contributed by atoms with Crippen molar-refractivity contribution in [2.24, 2.45) is 0 Å². The molecule has 0 unspecified atom stereocenters. The molecule has 0 radical (unpaired) electrons. The van der Waals surface area contributed by atoms with Crippen molar-refractivity contribution in [3.63, 3.8) is 0 Å². The van der Waals surface area contributed by atoms with Gasteiger partial charge in [-0.05, 0) is 53.0 Å². The fraction of sp³-hybridized carbons (Fsp3) is 0.0870. The van der Waals surface area contributed by atoms with Gasteiger partial charge in [0.25, 0.3) is 0 Å². The summed E-state index contributed by atoms with van der Waals surface area (Å²) in [5, 5.41) is 17.3. The van der Waals surface area contributed by atoms with Crippen LogP contribution in [0.1, 0.15) is 23.7 Å². The van der Waals surface area contributed by atoms with Crippen LogP contribution in [0.4, 0.5) is 0 Å². The van der Waals surface area contributed by atoms with Gasteiger partial charge in [-0.1, -0.05) is 61.2 Å². The van der Waals surface area contributed by atoms with Gasteiger partial charge < -0.3 is 0 Å². The minimum Gasteiger partial charge on any atom is -0.300 e. The average Bonchev–Trinajstić information content (AvgIpc) is 2.68. The van der Waals surface area contributed by atoms with Gasteiger partial charge in [0.2, 0.25) is 0 Å². The summed E-state index contributed by atoms with van der Waals surface area (Å²) in [5.74, 6) is 0. The maximum absolute atomic E-state index is 8.97. The Morgan fingerprint density at radius 3 is 2.37 bits per heavy atom. The number of rotatable bonds is 7. The lowest BCUT2D eigenvalue weighted by molar-refractivity contribution is 1.28. The summed E-state index contributed by atoms with van der Waals surface area (Å²) in [7, 11) is 0. The van der Waals surface area contributed by atoms with Gasteiger partial charge in [-0.2, -0.15) is 0 Å². The van der Waals surface area contributed by atoms with Crippen LogP contribution in [0.2, 0.25) is 0 Å². The maximum Gasteiger partial charge on any atom is 0.107 e. The monoisotopic (exact) mass is 419 g/mol. The van der Waals surface area contributed by atoms with Gasteiger partial charge in [0.15, 0.2) is 0 Å². The third-order valence-electron chi connectivity index (χ3n) is 4.07. The topological polar surface area (TPSA) is 60.6 Å². The summed E-state index contributed by atoms with van der Waals surface area (Å²) in [6.07, 6.45) is 9.04. The molecule has 0 aliphatic rings. The molecule has 0 saturated heterocycles. The Morgan fingerprint density at radius 1 is 1.11 bits per heavy atom. The van der Waals surface area contributed by atoms with Crippen molar-refractivity contribution < 1.29 is 0 Å². The zero-order chi connectivity index (χ0) is 19.8. The first-order valence-electron chi connectivity index (χ1n) is 8.52. The van der Waals surface area contributed by atoms with E-state index in [0.717, 1.165) is 16.7 Å². The number of pyridine rings is 1. The second-order valence-electron chi connectivity index (χ2n) is 5.81. The van der Waals surface area contributed by atoms with Crippen LogP contribution in [0.5, 0.6) is 0 Å². The van der Waals surface area contributed by atoms with Crippen LogP contribution >= 0.6 is 15.9 Å². The van der Waals surface area contributed by atoms with E-state index >= 15 is 0 Å². The van der Waals surface area contributed by atoms with E-state index in [-0.39, 0.29) is 4.62 Å². The highest BCUT2D eigenvalue weighted by Gasteiger charge is 2.21. The third kappa shape index (κ3) is 4.86. The van der Waals surface area contributed by atoms with Gasteiger partial charge in [-0.3, -0.25) is 15.8 Å². The first-order valence-corrected chi connectivity index (χ1v) is 9.31. The van der Waals surface area contributed by atoms with Crippen molar-refractivity contribution in [3.05, 3.63) is 108 Å². The molecule has 0 fully saturated rings. The van der Waals surface area contributed by atoms with Crippen molar-refractivity contribution in [1.82, 2.24) is 4.98 Å². The number of hydrogen-bond acceptors (Lipinski definition) is 3. The van der Waals surface area contributed by atoms with Crippen molar-refractivity contribution in [2.75, 3.05) is 0 Å². The fourth-order valence-electron chi connectivity index (χ4n) is 2.76. The molecule has 1 aromatic carbocycles. The lowest BCUT2D eigenvalue weighted by Crippen LogP contribution is -2.13. The Bertz CT molecular complexity index is 951. The molecule has 2 N–H and O–H groups in total. The van der Waals surface area contributed by atoms with Crippen molar-refractivity contribution in [2.45, 2.75) is 13.8 Å². The van der Waals surface area contributed by atoms with Gasteiger partial charge in [0.1, 0.15) is 4.62 Å². The van der Waals surface area contributed by atoms with E-state index < -0.39 is 0 Å². The molecule has 0 atom stereocenters. The van der Waals surface area contributed by atoms with E-state index in [1.165, 1.54) is 0 Å². The largest absolute Gasteiger partial charge is 0.300 e. The number of aryl methyl sites for hydroxylation is 1. The fourth-order valence-corrected chi connectivity index (χ4v) is 3.16. The van der Waals surface area contributed by atoms with Crippen LogP contribution in [-0.4, -0.2) is 15.3 Å². The zero-order valence-electron chi connectivity index (χ0n) is 15.5. The number of allylic oxidation sites excluding steroid dienone is 7. The zero-order valence-corrected chi connectivity index (χ0v) is 17.0. The van der Waals surface area contributed by atoms with Crippen molar-refractivity contribution >= 4 is 31.8 Å². The molecule has 0 aliphatic heterocycles. The number of nitrogens with one attached hydrogen (secondary N) is 2. The maximum atomic E-state index is 8.97. The summed E-state index contributed by atoms with van der Waals surface area (Å²) in [5.41, 5.74) is 4.86. The van der Waals surface area contributed by atoms with Crippen LogP contribution in [0.3, 0.4) is 0 Å². The number of aromatic nitrogens is 1. The van der Waals surface area contributed by atoms with E-state index in [1.54, 1.807) is 12.3 Å². The molecule has 136 valence electrons. The van der Waals surface area contributed by atoms with E-state index in [4.69, 9.17) is 10.8 Å². The molecule has 1 heterocycles. The SMILES string of the molecule is C=C\C=C/C(=C\C)C(/C(=N)c1ccccc1C)=C(/C(=N)Br)c1ccccn1. The first-order chi connectivity index (χ1) is 13.0. The highest BCUT2D eigenvalue weighted by Crippen LogP contribution is 2.30. The lowest BCUT2D eigenvalue weighted by atomic mass is 9.88. The van der Waals surface area contributed by atoms with Crippen LogP contribution in [-0.2, 0) is 0 Å². The molecule has 2 aromatic rings. The predicted octanol–water partition coefficient (Wildman–Crippen LogP) is 6.27. The Morgan fingerprint density at radius 2 is 1.81 bits per heavy atom. The van der Waals surface area contributed by atoms with Crippen LogP contribution in [0.15, 0.2) is 90.7 Å². The van der Waals surface area contributed by atoms with Crippen molar-refractivity contribution in [1.29, 1.82) is 10.8 Å². The number of hydrogen-bond donors (Lipinski definition) is 2. The van der Waals surface area contributed by atoms with Crippen LogP contribution in [0.25, 0.3) is 5.57 Å². The summed E-state index contributed by atoms with van der Waals surface area (Å²) in [4.78, 5) is 4.42. The number of benzene rings is 1. The summed E-state index contributed by atoms with van der Waals surface area (Å²) in [6.45, 7) is 7.63. The summed E-state index contributed by atoms with van der Waals surface area (Å²) >= 11 is 3.32. The van der Waals surface area contributed by atoms with Crippen LogP contribution < -0.4 is 0 Å². The van der Waals surface area contributed by atoms with E-state index in [0.29, 0.717) is 22.6 Å². The average molecular weight is 420 g/mol. The summed E-state index contributed by atoms with van der Waals surface area (Å²) < 4.78 is 0.181. The van der Waals surface area contributed by atoms with E-state index in [2.05, 4.69) is 27.5 Å². The summed E-state index contributed by atoms with van der Waals surface area (Å²) in [6, 6.07) is 13.3. The van der Waals surface area contributed by atoms with E-state index in [9.17, 15) is 0 Å². The quantitative estimate of drug-likeness (QED) is 0.402. The lowest BCUT2D eigenvalue weighted by Gasteiger charge is -2.18. The number of halogens is 1. The number of nitrogens with zero attached hydrogens (tertiary/aromatic N) is 1. The first kappa shape index (κ1) is 20.5. The van der Waals surface area contributed by atoms with Gasteiger partial charge >= 0.3 is 0 Å². The Hall–Kier alpha value is -2.85. The minimum atomic E-state index is 0.181. The minimum absolute atomic E-state index is 0.181. The highest BCUT2D eigenvalue weighted by molar-refractivity contribution is 9.18. The second kappa shape index (κ2) is 9.74. The molecule has 0 amide bonds. The molecule has 3 nitrogen and oxygen atoms in total.